The average Bonchev–Trinajstić information content (AvgIpc) is 2.59. The highest BCUT2D eigenvalue weighted by atomic mass is 35.5. The molecule has 0 saturated carbocycles. The lowest BCUT2D eigenvalue weighted by atomic mass is 9.90. The molecule has 0 atom stereocenters. The standard InChI is InChI=1S/C19H20Cl2N2O3/c1-11-8-9-15(26-4)14(10-11)23-18(25)19(2,3)17(24)22-13-7-5-6-12(20)16(13)21/h5-10H,1-4H3,(H,22,24)(H,23,25). The Hall–Kier alpha value is -2.24. The number of anilines is 2. The van der Waals surface area contributed by atoms with Gasteiger partial charge in [-0.05, 0) is 50.6 Å². The molecule has 2 rings (SSSR count). The van der Waals surface area contributed by atoms with Crippen molar-refractivity contribution in [3.05, 3.63) is 52.0 Å². The van der Waals surface area contributed by atoms with Crippen LogP contribution in [0.5, 0.6) is 5.75 Å². The second-order valence-corrected chi connectivity index (χ2v) is 7.12. The predicted molar refractivity (Wildman–Crippen MR) is 105 cm³/mol. The Morgan fingerprint density at radius 1 is 1.00 bits per heavy atom. The zero-order valence-corrected chi connectivity index (χ0v) is 16.5. The van der Waals surface area contributed by atoms with Crippen molar-refractivity contribution in [2.45, 2.75) is 20.8 Å². The minimum atomic E-state index is -1.36. The number of rotatable bonds is 5. The molecule has 0 saturated heterocycles. The molecular formula is C19H20Cl2N2O3. The number of carbonyl (C=O) groups is 2. The Balaban J connectivity index is 2.20. The summed E-state index contributed by atoms with van der Waals surface area (Å²) >= 11 is 12.0. The molecule has 0 bridgehead atoms. The molecule has 2 amide bonds. The Kier molecular flexibility index (Phi) is 6.16. The fourth-order valence-electron chi connectivity index (χ4n) is 2.18. The maximum Gasteiger partial charge on any atom is 0.239 e. The van der Waals surface area contributed by atoms with Crippen LogP contribution in [0.25, 0.3) is 0 Å². The van der Waals surface area contributed by atoms with Gasteiger partial charge in [0, 0.05) is 0 Å². The Morgan fingerprint density at radius 2 is 1.62 bits per heavy atom. The molecule has 0 fully saturated rings. The highest BCUT2D eigenvalue weighted by Gasteiger charge is 2.37. The molecule has 26 heavy (non-hydrogen) atoms. The molecule has 138 valence electrons. The summed E-state index contributed by atoms with van der Waals surface area (Å²) in [5, 5.41) is 5.94. The smallest absolute Gasteiger partial charge is 0.239 e. The van der Waals surface area contributed by atoms with Gasteiger partial charge in [0.1, 0.15) is 11.2 Å². The highest BCUT2D eigenvalue weighted by Crippen LogP contribution is 2.32. The lowest BCUT2D eigenvalue weighted by Crippen LogP contribution is -2.41. The largest absolute Gasteiger partial charge is 0.495 e. The van der Waals surface area contributed by atoms with Crippen LogP contribution in [0.4, 0.5) is 11.4 Å². The van der Waals surface area contributed by atoms with E-state index in [0.29, 0.717) is 22.1 Å². The van der Waals surface area contributed by atoms with Crippen LogP contribution in [0.3, 0.4) is 0 Å². The topological polar surface area (TPSA) is 67.4 Å². The number of amides is 2. The van der Waals surface area contributed by atoms with Crippen molar-refractivity contribution in [2.75, 3.05) is 17.7 Å². The first-order chi connectivity index (χ1) is 12.2. The van der Waals surface area contributed by atoms with Crippen molar-refractivity contribution in [3.8, 4) is 5.75 Å². The Morgan fingerprint density at radius 3 is 2.23 bits per heavy atom. The zero-order chi connectivity index (χ0) is 19.5. The van der Waals surface area contributed by atoms with Gasteiger partial charge in [-0.15, -0.1) is 0 Å². The van der Waals surface area contributed by atoms with Crippen molar-refractivity contribution in [1.82, 2.24) is 0 Å². The second kappa shape index (κ2) is 7.98. The van der Waals surface area contributed by atoms with Crippen molar-refractivity contribution >= 4 is 46.4 Å². The lowest BCUT2D eigenvalue weighted by Gasteiger charge is -2.24. The number of halogens is 2. The third-order valence-electron chi connectivity index (χ3n) is 3.94. The molecule has 5 nitrogen and oxygen atoms in total. The predicted octanol–water partition coefficient (Wildman–Crippen LogP) is 4.91. The van der Waals surface area contributed by atoms with Crippen molar-refractivity contribution in [2.24, 2.45) is 5.41 Å². The van der Waals surface area contributed by atoms with Crippen LogP contribution >= 0.6 is 23.2 Å². The van der Waals surface area contributed by atoms with E-state index in [-0.39, 0.29) is 5.02 Å². The molecule has 0 aromatic heterocycles. The van der Waals surface area contributed by atoms with Crippen molar-refractivity contribution in [3.63, 3.8) is 0 Å². The van der Waals surface area contributed by atoms with E-state index in [1.807, 2.05) is 13.0 Å². The Labute approximate surface area is 162 Å². The van der Waals surface area contributed by atoms with Gasteiger partial charge in [-0.1, -0.05) is 35.3 Å². The summed E-state index contributed by atoms with van der Waals surface area (Å²) in [6, 6.07) is 10.3. The summed E-state index contributed by atoms with van der Waals surface area (Å²) in [6.07, 6.45) is 0. The zero-order valence-electron chi connectivity index (χ0n) is 14.9. The van der Waals surface area contributed by atoms with Gasteiger partial charge in [-0.3, -0.25) is 9.59 Å². The first-order valence-corrected chi connectivity index (χ1v) is 8.64. The summed E-state index contributed by atoms with van der Waals surface area (Å²) in [5.74, 6) is -0.471. The average molecular weight is 395 g/mol. The number of hydrogen-bond donors (Lipinski definition) is 2. The number of methoxy groups -OCH3 is 1. The van der Waals surface area contributed by atoms with Gasteiger partial charge in [0.15, 0.2) is 0 Å². The van der Waals surface area contributed by atoms with Crippen LogP contribution in [0, 0.1) is 12.3 Å². The third-order valence-corrected chi connectivity index (χ3v) is 4.76. The minimum Gasteiger partial charge on any atom is -0.495 e. The molecule has 7 heteroatoms. The first-order valence-electron chi connectivity index (χ1n) is 7.88. The monoisotopic (exact) mass is 394 g/mol. The quantitative estimate of drug-likeness (QED) is 0.707. The minimum absolute atomic E-state index is 0.221. The fraction of sp³-hybridized carbons (Fsp3) is 0.263. The molecule has 0 heterocycles. The molecule has 0 aliphatic heterocycles. The molecular weight excluding hydrogens is 375 g/mol. The number of aryl methyl sites for hydroxylation is 1. The van der Waals surface area contributed by atoms with E-state index in [9.17, 15) is 9.59 Å². The summed E-state index contributed by atoms with van der Waals surface area (Å²) < 4.78 is 5.25. The van der Waals surface area contributed by atoms with E-state index in [0.717, 1.165) is 5.56 Å². The third kappa shape index (κ3) is 4.29. The summed E-state index contributed by atoms with van der Waals surface area (Å²) in [6.45, 7) is 4.95. The molecule has 0 unspecified atom stereocenters. The Bertz CT molecular complexity index is 851. The molecule has 2 aromatic rings. The highest BCUT2D eigenvalue weighted by molar-refractivity contribution is 6.44. The second-order valence-electron chi connectivity index (χ2n) is 6.34. The number of ether oxygens (including phenoxy) is 1. The van der Waals surface area contributed by atoms with Gasteiger partial charge < -0.3 is 15.4 Å². The summed E-state index contributed by atoms with van der Waals surface area (Å²) in [4.78, 5) is 25.4. The van der Waals surface area contributed by atoms with Gasteiger partial charge in [0.05, 0.1) is 28.5 Å². The number of hydrogen-bond acceptors (Lipinski definition) is 3. The maximum atomic E-state index is 12.7. The van der Waals surface area contributed by atoms with Crippen molar-refractivity contribution < 1.29 is 14.3 Å². The number of carbonyl (C=O) groups excluding carboxylic acids is 2. The molecule has 0 radical (unpaired) electrons. The summed E-state index contributed by atoms with van der Waals surface area (Å²) in [5.41, 5.74) is 0.437. The van der Waals surface area contributed by atoms with Gasteiger partial charge >= 0.3 is 0 Å². The van der Waals surface area contributed by atoms with Gasteiger partial charge in [0.25, 0.3) is 0 Å². The van der Waals surface area contributed by atoms with Crippen LogP contribution in [-0.4, -0.2) is 18.9 Å². The van der Waals surface area contributed by atoms with Crippen LogP contribution < -0.4 is 15.4 Å². The van der Waals surface area contributed by atoms with E-state index >= 15 is 0 Å². The van der Waals surface area contributed by atoms with E-state index in [1.165, 1.54) is 21.0 Å². The molecule has 0 aliphatic carbocycles. The molecule has 0 aliphatic rings. The van der Waals surface area contributed by atoms with Crippen molar-refractivity contribution in [1.29, 1.82) is 0 Å². The van der Waals surface area contributed by atoms with Crippen LogP contribution in [-0.2, 0) is 9.59 Å². The number of nitrogens with one attached hydrogen (secondary N) is 2. The van der Waals surface area contributed by atoms with Gasteiger partial charge in [-0.25, -0.2) is 0 Å². The van der Waals surface area contributed by atoms with Crippen LogP contribution in [0.1, 0.15) is 19.4 Å². The van der Waals surface area contributed by atoms with Gasteiger partial charge in [-0.2, -0.15) is 0 Å². The van der Waals surface area contributed by atoms with E-state index in [2.05, 4.69) is 10.6 Å². The maximum absolute atomic E-state index is 12.7. The first kappa shape index (κ1) is 20.1. The molecule has 2 aromatic carbocycles. The van der Waals surface area contributed by atoms with E-state index in [4.69, 9.17) is 27.9 Å². The van der Waals surface area contributed by atoms with Gasteiger partial charge in [0.2, 0.25) is 11.8 Å². The van der Waals surface area contributed by atoms with Crippen LogP contribution in [0.15, 0.2) is 36.4 Å². The molecule has 0 spiro atoms. The lowest BCUT2D eigenvalue weighted by molar-refractivity contribution is -0.135. The number of benzene rings is 2. The van der Waals surface area contributed by atoms with E-state index in [1.54, 1.807) is 30.3 Å². The normalized spacial score (nSPS) is 11.0. The molecule has 2 N–H and O–H groups in total. The summed E-state index contributed by atoms with van der Waals surface area (Å²) in [7, 11) is 1.51. The van der Waals surface area contributed by atoms with E-state index < -0.39 is 17.2 Å². The van der Waals surface area contributed by atoms with Crippen LogP contribution in [0.2, 0.25) is 10.0 Å². The SMILES string of the molecule is COc1ccc(C)cc1NC(=O)C(C)(C)C(=O)Nc1cccc(Cl)c1Cl. The fourth-order valence-corrected chi connectivity index (χ4v) is 2.53.